The molecule has 0 aromatic heterocycles. The van der Waals surface area contributed by atoms with Crippen LogP contribution in [0.3, 0.4) is 0 Å². The number of amides is 1. The molecule has 1 heterocycles. The lowest BCUT2D eigenvalue weighted by Gasteiger charge is -2.20. The van der Waals surface area contributed by atoms with Crippen molar-refractivity contribution >= 4 is 11.9 Å². The van der Waals surface area contributed by atoms with Gasteiger partial charge in [0.05, 0.1) is 5.41 Å². The third-order valence-electron chi connectivity index (χ3n) is 2.42. The van der Waals surface area contributed by atoms with Gasteiger partial charge in [0.25, 0.3) is 0 Å². The van der Waals surface area contributed by atoms with E-state index < -0.39 is 11.4 Å². The van der Waals surface area contributed by atoms with Gasteiger partial charge < -0.3 is 10.4 Å². The average molecular weight is 171 g/mol. The second-order valence-corrected chi connectivity index (χ2v) is 3.47. The largest absolute Gasteiger partial charge is 0.481 e. The number of aliphatic carboxylic acids is 1. The molecule has 0 aliphatic carbocycles. The Hall–Kier alpha value is -1.06. The van der Waals surface area contributed by atoms with Crippen LogP contribution in [-0.4, -0.2) is 23.5 Å². The van der Waals surface area contributed by atoms with Crippen LogP contribution in [0.4, 0.5) is 0 Å². The second kappa shape index (κ2) is 3.13. The molecular weight excluding hydrogens is 158 g/mol. The fourth-order valence-electron chi connectivity index (χ4n) is 1.29. The van der Waals surface area contributed by atoms with Crippen molar-refractivity contribution in [3.8, 4) is 0 Å². The molecule has 0 aromatic rings. The van der Waals surface area contributed by atoms with Crippen LogP contribution >= 0.6 is 0 Å². The number of rotatable bonds is 1. The van der Waals surface area contributed by atoms with Gasteiger partial charge in [-0.1, -0.05) is 0 Å². The zero-order valence-corrected chi connectivity index (χ0v) is 7.09. The van der Waals surface area contributed by atoms with Crippen LogP contribution in [0.5, 0.6) is 0 Å². The van der Waals surface area contributed by atoms with Gasteiger partial charge in [-0.15, -0.1) is 0 Å². The van der Waals surface area contributed by atoms with Crippen LogP contribution in [0, 0.1) is 5.41 Å². The highest BCUT2D eigenvalue weighted by Crippen LogP contribution is 2.29. The number of nitrogens with one attached hydrogen (secondary N) is 1. The lowest BCUT2D eigenvalue weighted by molar-refractivity contribution is -0.148. The lowest BCUT2D eigenvalue weighted by Crippen LogP contribution is -2.28. The van der Waals surface area contributed by atoms with Crippen molar-refractivity contribution in [3.63, 3.8) is 0 Å². The highest BCUT2D eigenvalue weighted by molar-refractivity contribution is 5.79. The fourth-order valence-corrected chi connectivity index (χ4v) is 1.29. The molecule has 0 aromatic carbocycles. The summed E-state index contributed by atoms with van der Waals surface area (Å²) < 4.78 is 0. The van der Waals surface area contributed by atoms with E-state index >= 15 is 0 Å². The van der Waals surface area contributed by atoms with Crippen molar-refractivity contribution in [1.29, 1.82) is 0 Å². The Bertz CT molecular complexity index is 214. The van der Waals surface area contributed by atoms with Gasteiger partial charge in [0.2, 0.25) is 5.91 Å². The zero-order chi connectivity index (χ0) is 9.19. The molecule has 2 N–H and O–H groups in total. The first-order chi connectivity index (χ1) is 5.54. The van der Waals surface area contributed by atoms with Gasteiger partial charge >= 0.3 is 5.97 Å². The van der Waals surface area contributed by atoms with E-state index in [0.29, 0.717) is 25.8 Å². The summed E-state index contributed by atoms with van der Waals surface area (Å²) in [6.45, 7) is 2.16. The quantitative estimate of drug-likeness (QED) is 0.599. The number of carbonyl (C=O) groups is 2. The highest BCUT2D eigenvalue weighted by Gasteiger charge is 2.34. The molecule has 4 heteroatoms. The number of hydrogen-bond acceptors (Lipinski definition) is 2. The molecule has 0 spiro atoms. The first-order valence-corrected chi connectivity index (χ1v) is 4.05. The predicted molar refractivity (Wildman–Crippen MR) is 42.6 cm³/mol. The monoisotopic (exact) mass is 171 g/mol. The van der Waals surface area contributed by atoms with Crippen molar-refractivity contribution < 1.29 is 14.7 Å². The maximum Gasteiger partial charge on any atom is 0.309 e. The summed E-state index contributed by atoms with van der Waals surface area (Å²) in [5.41, 5.74) is -0.723. The molecule has 1 rings (SSSR count). The summed E-state index contributed by atoms with van der Waals surface area (Å²) in [6.07, 6.45) is 1.28. The van der Waals surface area contributed by atoms with E-state index in [9.17, 15) is 9.59 Å². The van der Waals surface area contributed by atoms with Gasteiger partial charge in [-0.3, -0.25) is 9.59 Å². The van der Waals surface area contributed by atoms with Gasteiger partial charge in [-0.25, -0.2) is 0 Å². The van der Waals surface area contributed by atoms with Crippen molar-refractivity contribution in [2.45, 2.75) is 26.2 Å². The Morgan fingerprint density at radius 3 is 2.83 bits per heavy atom. The SMILES string of the molecule is CC1(C(=O)O)CCNC(=O)CC1. The fraction of sp³-hybridized carbons (Fsp3) is 0.750. The van der Waals surface area contributed by atoms with E-state index in [-0.39, 0.29) is 5.91 Å². The third kappa shape index (κ3) is 1.75. The molecule has 1 amide bonds. The smallest absolute Gasteiger partial charge is 0.309 e. The number of carboxylic acids is 1. The summed E-state index contributed by atoms with van der Waals surface area (Å²) >= 11 is 0. The van der Waals surface area contributed by atoms with E-state index in [2.05, 4.69) is 5.32 Å². The van der Waals surface area contributed by atoms with E-state index in [1.54, 1.807) is 6.92 Å². The summed E-state index contributed by atoms with van der Waals surface area (Å²) in [4.78, 5) is 21.7. The van der Waals surface area contributed by atoms with Gasteiger partial charge in [0.15, 0.2) is 0 Å². The van der Waals surface area contributed by atoms with Crippen LogP contribution < -0.4 is 5.32 Å². The number of carboxylic acid groups (broad SMARTS) is 1. The van der Waals surface area contributed by atoms with E-state index in [1.165, 1.54) is 0 Å². The number of hydrogen-bond donors (Lipinski definition) is 2. The van der Waals surface area contributed by atoms with Crippen molar-refractivity contribution in [2.24, 2.45) is 5.41 Å². The summed E-state index contributed by atoms with van der Waals surface area (Å²) in [6, 6.07) is 0. The normalized spacial score (nSPS) is 30.6. The highest BCUT2D eigenvalue weighted by atomic mass is 16.4. The Labute approximate surface area is 71.0 Å². The number of carbonyl (C=O) groups excluding carboxylic acids is 1. The van der Waals surface area contributed by atoms with Crippen LogP contribution in [0.25, 0.3) is 0 Å². The summed E-state index contributed by atoms with van der Waals surface area (Å²) in [5, 5.41) is 11.5. The molecule has 1 fully saturated rings. The van der Waals surface area contributed by atoms with Crippen LogP contribution in [0.1, 0.15) is 26.2 Å². The van der Waals surface area contributed by atoms with Crippen molar-refractivity contribution in [1.82, 2.24) is 5.32 Å². The van der Waals surface area contributed by atoms with E-state index in [0.717, 1.165) is 0 Å². The lowest BCUT2D eigenvalue weighted by atomic mass is 9.83. The maximum atomic E-state index is 10.9. The van der Waals surface area contributed by atoms with E-state index in [1.807, 2.05) is 0 Å². The summed E-state index contributed by atoms with van der Waals surface area (Å²) in [5.74, 6) is -0.848. The Balaban J connectivity index is 2.67. The molecule has 12 heavy (non-hydrogen) atoms. The Morgan fingerprint density at radius 2 is 2.25 bits per heavy atom. The topological polar surface area (TPSA) is 66.4 Å². The zero-order valence-electron chi connectivity index (χ0n) is 7.09. The molecule has 1 atom stereocenters. The van der Waals surface area contributed by atoms with Gasteiger partial charge in [0.1, 0.15) is 0 Å². The standard InChI is InChI=1S/C8H13NO3/c1-8(7(11)12)3-2-6(10)9-5-4-8/h2-5H2,1H3,(H,9,10)(H,11,12). The average Bonchev–Trinajstić information content (AvgIpc) is 2.15. The second-order valence-electron chi connectivity index (χ2n) is 3.47. The first kappa shape index (κ1) is 9.03. The minimum Gasteiger partial charge on any atom is -0.481 e. The molecule has 0 radical (unpaired) electrons. The minimum absolute atomic E-state index is 0.0417. The van der Waals surface area contributed by atoms with E-state index in [4.69, 9.17) is 5.11 Å². The maximum absolute atomic E-state index is 10.9. The first-order valence-electron chi connectivity index (χ1n) is 4.05. The van der Waals surface area contributed by atoms with Crippen LogP contribution in [-0.2, 0) is 9.59 Å². The minimum atomic E-state index is -0.806. The van der Waals surface area contributed by atoms with Gasteiger partial charge in [-0.2, -0.15) is 0 Å². The molecule has 0 saturated carbocycles. The molecule has 1 aliphatic heterocycles. The third-order valence-corrected chi connectivity index (χ3v) is 2.42. The van der Waals surface area contributed by atoms with Crippen molar-refractivity contribution in [2.75, 3.05) is 6.54 Å². The van der Waals surface area contributed by atoms with Gasteiger partial charge in [-0.05, 0) is 19.8 Å². The molecule has 4 nitrogen and oxygen atoms in total. The molecule has 1 unspecified atom stereocenters. The Morgan fingerprint density at radius 1 is 1.58 bits per heavy atom. The molecule has 68 valence electrons. The Kier molecular flexibility index (Phi) is 2.35. The summed E-state index contributed by atoms with van der Waals surface area (Å²) in [7, 11) is 0. The van der Waals surface area contributed by atoms with Crippen LogP contribution in [0.2, 0.25) is 0 Å². The predicted octanol–water partition coefficient (Wildman–Crippen LogP) is 0.377. The van der Waals surface area contributed by atoms with Crippen LogP contribution in [0.15, 0.2) is 0 Å². The van der Waals surface area contributed by atoms with Gasteiger partial charge in [0, 0.05) is 13.0 Å². The molecule has 1 saturated heterocycles. The van der Waals surface area contributed by atoms with Crippen molar-refractivity contribution in [3.05, 3.63) is 0 Å². The molecule has 0 bridgehead atoms. The molecular formula is C8H13NO3. The molecule has 1 aliphatic rings.